The molecule has 1 spiro atoms. The third kappa shape index (κ3) is 0.579. The second-order valence-electron chi connectivity index (χ2n) is 7.91. The molecule has 0 heteroatoms. The molecule has 84 valence electrons. The summed E-state index contributed by atoms with van der Waals surface area (Å²) in [5, 5.41) is 0. The molecule has 0 aromatic heterocycles. The monoisotopic (exact) mass is 204 g/mol. The van der Waals surface area contributed by atoms with Crippen molar-refractivity contribution >= 4 is 0 Å². The minimum atomic E-state index is 0.764. The van der Waals surface area contributed by atoms with Crippen LogP contribution in [0.3, 0.4) is 0 Å². The molecule has 0 saturated heterocycles. The van der Waals surface area contributed by atoms with E-state index in [0.717, 1.165) is 45.8 Å². The van der Waals surface area contributed by atoms with Crippen LogP contribution in [0.4, 0.5) is 0 Å². The van der Waals surface area contributed by atoms with Crippen molar-refractivity contribution in [3.05, 3.63) is 0 Å². The molecular formula is C15H24. The summed E-state index contributed by atoms with van der Waals surface area (Å²) in [5.74, 6) is 5.25. The Hall–Kier alpha value is 0. The summed E-state index contributed by atoms with van der Waals surface area (Å²) in [6.07, 6.45) is 3.13. The van der Waals surface area contributed by atoms with Crippen LogP contribution in [-0.2, 0) is 0 Å². The second-order valence-corrected chi connectivity index (χ2v) is 7.91. The fraction of sp³-hybridized carbons (Fsp3) is 1.00. The fourth-order valence-corrected chi connectivity index (χ4v) is 6.78. The van der Waals surface area contributed by atoms with Gasteiger partial charge in [0, 0.05) is 0 Å². The van der Waals surface area contributed by atoms with Crippen LogP contribution in [0.25, 0.3) is 0 Å². The van der Waals surface area contributed by atoms with Crippen LogP contribution in [0, 0.1) is 45.8 Å². The van der Waals surface area contributed by atoms with E-state index in [1.54, 1.807) is 12.8 Å². The number of fused-ring (bicyclic) bond motifs is 3. The second kappa shape index (κ2) is 1.93. The third-order valence-corrected chi connectivity index (χ3v) is 7.71. The Morgan fingerprint density at radius 2 is 1.87 bits per heavy atom. The Labute approximate surface area is 93.8 Å². The van der Waals surface area contributed by atoms with Crippen LogP contribution >= 0.6 is 0 Å². The number of rotatable bonds is 1. The first-order chi connectivity index (χ1) is 6.90. The third-order valence-electron chi connectivity index (χ3n) is 7.71. The molecule has 0 amide bonds. The molecule has 0 radical (unpaired) electrons. The van der Waals surface area contributed by atoms with E-state index in [4.69, 9.17) is 0 Å². The Morgan fingerprint density at radius 3 is 2.47 bits per heavy atom. The molecule has 0 aliphatic heterocycles. The van der Waals surface area contributed by atoms with E-state index in [1.807, 2.05) is 0 Å². The molecule has 4 rings (SSSR count). The van der Waals surface area contributed by atoms with Crippen molar-refractivity contribution in [2.24, 2.45) is 45.8 Å². The molecule has 0 heterocycles. The zero-order chi connectivity index (χ0) is 10.8. The highest BCUT2D eigenvalue weighted by molar-refractivity contribution is 5.41. The summed E-state index contributed by atoms with van der Waals surface area (Å²) >= 11 is 0. The van der Waals surface area contributed by atoms with Gasteiger partial charge >= 0.3 is 0 Å². The molecule has 7 atom stereocenters. The van der Waals surface area contributed by atoms with Gasteiger partial charge in [-0.1, -0.05) is 34.6 Å². The summed E-state index contributed by atoms with van der Waals surface area (Å²) in [4.78, 5) is 0. The predicted molar refractivity (Wildman–Crippen MR) is 62.4 cm³/mol. The van der Waals surface area contributed by atoms with Crippen molar-refractivity contribution in [2.75, 3.05) is 0 Å². The average Bonchev–Trinajstić information content (AvgIpc) is 2.96. The Morgan fingerprint density at radius 1 is 1.20 bits per heavy atom. The SMILES string of the molecule is CC(C)C1C(C)C23CC2(C)C2(C)CC2C13. The van der Waals surface area contributed by atoms with E-state index >= 15 is 0 Å². The molecule has 0 N–H and O–H groups in total. The molecule has 4 aliphatic rings. The summed E-state index contributed by atoms with van der Waals surface area (Å²) < 4.78 is 0. The van der Waals surface area contributed by atoms with Crippen LogP contribution in [0.5, 0.6) is 0 Å². The van der Waals surface area contributed by atoms with Gasteiger partial charge in [0.1, 0.15) is 0 Å². The first kappa shape index (κ1) is 9.07. The van der Waals surface area contributed by atoms with Crippen molar-refractivity contribution < 1.29 is 0 Å². The van der Waals surface area contributed by atoms with E-state index in [2.05, 4.69) is 34.6 Å². The van der Waals surface area contributed by atoms with E-state index in [1.165, 1.54) is 0 Å². The highest BCUT2D eigenvalue weighted by Gasteiger charge is 2.94. The van der Waals surface area contributed by atoms with Gasteiger partial charge in [0.2, 0.25) is 0 Å². The summed E-state index contributed by atoms with van der Waals surface area (Å²) in [6, 6.07) is 0. The lowest BCUT2D eigenvalue weighted by molar-refractivity contribution is -0.0781. The highest BCUT2D eigenvalue weighted by Crippen LogP contribution is 2.99. The molecule has 4 aliphatic carbocycles. The Bertz CT molecular complexity index is 357. The smallest absolute Gasteiger partial charge is 0.0170 e. The summed E-state index contributed by atoms with van der Waals surface area (Å²) in [7, 11) is 0. The molecule has 7 unspecified atom stereocenters. The van der Waals surface area contributed by atoms with Crippen LogP contribution in [0.1, 0.15) is 47.5 Å². The molecule has 0 bridgehead atoms. The van der Waals surface area contributed by atoms with Gasteiger partial charge in [-0.2, -0.15) is 0 Å². The topological polar surface area (TPSA) is 0 Å². The van der Waals surface area contributed by atoms with Gasteiger partial charge in [-0.15, -0.1) is 0 Å². The van der Waals surface area contributed by atoms with Gasteiger partial charge in [0.05, 0.1) is 0 Å². The summed E-state index contributed by atoms with van der Waals surface area (Å²) in [6.45, 7) is 12.7. The molecular weight excluding hydrogens is 180 g/mol. The number of hydrogen-bond acceptors (Lipinski definition) is 0. The van der Waals surface area contributed by atoms with E-state index in [-0.39, 0.29) is 0 Å². The van der Waals surface area contributed by atoms with Crippen LogP contribution in [0.2, 0.25) is 0 Å². The summed E-state index contributed by atoms with van der Waals surface area (Å²) in [5.41, 5.74) is 2.37. The van der Waals surface area contributed by atoms with Gasteiger partial charge in [-0.3, -0.25) is 0 Å². The lowest BCUT2D eigenvalue weighted by atomic mass is 9.49. The van der Waals surface area contributed by atoms with Gasteiger partial charge in [0.15, 0.2) is 0 Å². The van der Waals surface area contributed by atoms with Crippen LogP contribution in [-0.4, -0.2) is 0 Å². The van der Waals surface area contributed by atoms with E-state index in [9.17, 15) is 0 Å². The highest BCUT2D eigenvalue weighted by atomic mass is 15.0. The zero-order valence-electron chi connectivity index (χ0n) is 10.8. The molecule has 0 aromatic carbocycles. The molecule has 0 nitrogen and oxygen atoms in total. The Kier molecular flexibility index (Phi) is 1.17. The maximum absolute atomic E-state index is 2.61. The van der Waals surface area contributed by atoms with Crippen molar-refractivity contribution in [2.45, 2.75) is 47.5 Å². The lowest BCUT2D eigenvalue weighted by Crippen LogP contribution is -2.51. The zero-order valence-corrected chi connectivity index (χ0v) is 10.8. The quantitative estimate of drug-likeness (QED) is 0.606. The first-order valence-electron chi connectivity index (χ1n) is 6.90. The van der Waals surface area contributed by atoms with E-state index < -0.39 is 0 Å². The predicted octanol–water partition coefficient (Wildman–Crippen LogP) is 3.96. The van der Waals surface area contributed by atoms with Crippen molar-refractivity contribution in [3.63, 3.8) is 0 Å². The molecule has 0 aromatic rings. The average molecular weight is 204 g/mol. The minimum absolute atomic E-state index is 0.764. The fourth-order valence-electron chi connectivity index (χ4n) is 6.78. The lowest BCUT2D eigenvalue weighted by Gasteiger charge is -2.55. The van der Waals surface area contributed by atoms with Crippen LogP contribution < -0.4 is 0 Å². The normalized spacial score (nSPS) is 73.2. The van der Waals surface area contributed by atoms with Crippen molar-refractivity contribution in [1.29, 1.82) is 0 Å². The minimum Gasteiger partial charge on any atom is -0.0625 e. The standard InChI is InChI=1S/C15H24/c1-8(2)11-9(3)15-7-14(15,5)13(4)6-10(13)12(11)15/h8-12H,6-7H2,1-5H3. The maximum atomic E-state index is 2.61. The van der Waals surface area contributed by atoms with Crippen molar-refractivity contribution in [3.8, 4) is 0 Å². The maximum Gasteiger partial charge on any atom is -0.0170 e. The largest absolute Gasteiger partial charge is 0.0625 e. The van der Waals surface area contributed by atoms with E-state index in [0.29, 0.717) is 0 Å². The van der Waals surface area contributed by atoms with Gasteiger partial charge in [-0.05, 0) is 58.7 Å². The Balaban J connectivity index is 1.78. The first-order valence-corrected chi connectivity index (χ1v) is 6.90. The van der Waals surface area contributed by atoms with Crippen LogP contribution in [0.15, 0.2) is 0 Å². The molecule has 15 heavy (non-hydrogen) atoms. The molecule has 4 saturated carbocycles. The number of hydrogen-bond donors (Lipinski definition) is 0. The van der Waals surface area contributed by atoms with Gasteiger partial charge in [0.25, 0.3) is 0 Å². The molecule has 4 fully saturated rings. The van der Waals surface area contributed by atoms with Gasteiger partial charge < -0.3 is 0 Å². The van der Waals surface area contributed by atoms with Gasteiger partial charge in [-0.25, -0.2) is 0 Å². The van der Waals surface area contributed by atoms with Crippen molar-refractivity contribution in [1.82, 2.24) is 0 Å².